The number of nitrogens with one attached hydrogen (secondary N) is 2. The lowest BCUT2D eigenvalue weighted by atomic mass is 9.95. The molecule has 5 heteroatoms. The maximum absolute atomic E-state index is 12.4. The smallest absolute Gasteiger partial charge is 0.295 e. The molecule has 0 atom stereocenters. The number of amides is 1. The standard InChI is InChI=1S/C16H21N3O2/c1-16(2,10-20)9-17-15(21)13-12-5-3-4-8-19(12)14(18-13)11-6-7-11/h3-5,8,11,20H,6-7,9-10H2,1-2H3,(H,17,21)/p+1. The Kier molecular flexibility index (Phi) is 3.45. The highest BCUT2D eigenvalue weighted by Gasteiger charge is 2.36. The van der Waals surface area contributed by atoms with Gasteiger partial charge in [0.1, 0.15) is 0 Å². The predicted molar refractivity (Wildman–Crippen MR) is 79.1 cm³/mol. The van der Waals surface area contributed by atoms with Crippen LogP contribution in [0.5, 0.6) is 0 Å². The Morgan fingerprint density at radius 3 is 2.90 bits per heavy atom. The molecule has 0 radical (unpaired) electrons. The minimum atomic E-state index is -0.315. The summed E-state index contributed by atoms with van der Waals surface area (Å²) in [7, 11) is 0. The number of hydrogen-bond donors (Lipinski definition) is 3. The van der Waals surface area contributed by atoms with Crippen LogP contribution in [0.4, 0.5) is 0 Å². The third kappa shape index (κ3) is 2.78. The van der Waals surface area contributed by atoms with Gasteiger partial charge in [-0.05, 0) is 25.0 Å². The molecule has 2 aromatic rings. The molecule has 1 saturated carbocycles. The molecule has 0 aliphatic heterocycles. The van der Waals surface area contributed by atoms with Gasteiger partial charge in [0, 0.05) is 18.6 Å². The van der Waals surface area contributed by atoms with Gasteiger partial charge in [0.05, 0.1) is 12.1 Å². The molecule has 2 heterocycles. The maximum atomic E-state index is 12.4. The van der Waals surface area contributed by atoms with Crippen LogP contribution in [0.3, 0.4) is 0 Å². The molecule has 1 aliphatic carbocycles. The molecule has 21 heavy (non-hydrogen) atoms. The molecule has 2 aromatic heterocycles. The summed E-state index contributed by atoms with van der Waals surface area (Å²) in [5.41, 5.74) is 1.19. The zero-order valence-corrected chi connectivity index (χ0v) is 12.5. The van der Waals surface area contributed by atoms with Crippen molar-refractivity contribution in [2.75, 3.05) is 13.2 Å². The quantitative estimate of drug-likeness (QED) is 0.728. The molecular weight excluding hydrogens is 266 g/mol. The van der Waals surface area contributed by atoms with Crippen LogP contribution in [0.15, 0.2) is 24.4 Å². The van der Waals surface area contributed by atoms with E-state index in [1.54, 1.807) is 0 Å². The largest absolute Gasteiger partial charge is 0.396 e. The van der Waals surface area contributed by atoms with Crippen molar-refractivity contribution in [2.24, 2.45) is 5.41 Å². The van der Waals surface area contributed by atoms with Gasteiger partial charge in [0.2, 0.25) is 5.69 Å². The van der Waals surface area contributed by atoms with Crippen LogP contribution in [0, 0.1) is 5.41 Å². The van der Waals surface area contributed by atoms with E-state index in [9.17, 15) is 9.90 Å². The number of aliphatic hydroxyl groups excluding tert-OH is 1. The molecule has 5 nitrogen and oxygen atoms in total. The topological polar surface area (TPSA) is 69.2 Å². The molecule has 0 saturated heterocycles. The fourth-order valence-corrected chi connectivity index (χ4v) is 2.40. The summed E-state index contributed by atoms with van der Waals surface area (Å²) in [6.07, 6.45) is 4.35. The van der Waals surface area contributed by atoms with Crippen LogP contribution in [-0.2, 0) is 0 Å². The number of carbonyl (C=O) groups excluding carboxylic acids is 1. The number of rotatable bonds is 5. The van der Waals surface area contributed by atoms with Crippen molar-refractivity contribution in [1.82, 2.24) is 10.3 Å². The lowest BCUT2D eigenvalue weighted by molar-refractivity contribution is -0.521. The van der Waals surface area contributed by atoms with E-state index in [4.69, 9.17) is 0 Å². The van der Waals surface area contributed by atoms with E-state index in [0.29, 0.717) is 18.2 Å². The second-order valence-corrected chi connectivity index (χ2v) is 6.62. The third-order valence-corrected chi connectivity index (χ3v) is 3.98. The molecule has 0 spiro atoms. The number of fused-ring (bicyclic) bond motifs is 1. The Morgan fingerprint density at radius 1 is 1.48 bits per heavy atom. The SMILES string of the molecule is CC(C)(CO)CNC(=O)c1[nH]c(C2CC2)[n+]2ccccc12. The van der Waals surface area contributed by atoms with Crippen molar-refractivity contribution in [3.63, 3.8) is 0 Å². The van der Waals surface area contributed by atoms with E-state index in [2.05, 4.69) is 14.7 Å². The molecule has 1 amide bonds. The van der Waals surface area contributed by atoms with Crippen LogP contribution in [0.25, 0.3) is 5.52 Å². The minimum Gasteiger partial charge on any atom is -0.396 e. The average molecular weight is 288 g/mol. The second kappa shape index (κ2) is 5.15. The van der Waals surface area contributed by atoms with Crippen LogP contribution in [0.2, 0.25) is 0 Å². The highest BCUT2D eigenvalue weighted by atomic mass is 16.3. The molecule has 0 aromatic carbocycles. The Balaban J connectivity index is 1.88. The molecular formula is C16H22N3O2+. The van der Waals surface area contributed by atoms with Crippen LogP contribution >= 0.6 is 0 Å². The Bertz CT molecular complexity index is 671. The van der Waals surface area contributed by atoms with Gasteiger partial charge >= 0.3 is 0 Å². The highest BCUT2D eigenvalue weighted by molar-refractivity contribution is 5.97. The van der Waals surface area contributed by atoms with E-state index < -0.39 is 0 Å². The molecule has 112 valence electrons. The number of aromatic amines is 1. The number of aromatic nitrogens is 2. The highest BCUT2D eigenvalue weighted by Crippen LogP contribution is 2.38. The number of H-pyrrole nitrogens is 1. The van der Waals surface area contributed by atoms with Gasteiger partial charge in [-0.2, -0.15) is 4.40 Å². The van der Waals surface area contributed by atoms with E-state index in [1.165, 1.54) is 12.8 Å². The van der Waals surface area contributed by atoms with Crippen molar-refractivity contribution in [2.45, 2.75) is 32.6 Å². The van der Waals surface area contributed by atoms with E-state index in [1.807, 2.05) is 38.2 Å². The van der Waals surface area contributed by atoms with Crippen molar-refractivity contribution in [1.29, 1.82) is 0 Å². The van der Waals surface area contributed by atoms with Gasteiger partial charge < -0.3 is 10.4 Å². The first-order chi connectivity index (χ1) is 10.0. The molecule has 3 rings (SSSR count). The first-order valence-electron chi connectivity index (χ1n) is 7.43. The van der Waals surface area contributed by atoms with Crippen LogP contribution < -0.4 is 9.72 Å². The summed E-state index contributed by atoms with van der Waals surface area (Å²) in [6.45, 7) is 4.33. The van der Waals surface area contributed by atoms with Gasteiger partial charge in [-0.1, -0.05) is 19.9 Å². The Morgan fingerprint density at radius 2 is 2.24 bits per heavy atom. The molecule has 1 aliphatic rings. The van der Waals surface area contributed by atoms with Gasteiger partial charge in [-0.25, -0.2) is 4.98 Å². The van der Waals surface area contributed by atoms with Gasteiger partial charge in [-0.3, -0.25) is 4.79 Å². The van der Waals surface area contributed by atoms with E-state index in [-0.39, 0.29) is 17.9 Å². The molecule has 1 fully saturated rings. The molecule has 0 bridgehead atoms. The first-order valence-corrected chi connectivity index (χ1v) is 7.43. The Hall–Kier alpha value is -1.88. The molecule has 3 N–H and O–H groups in total. The van der Waals surface area contributed by atoms with Crippen LogP contribution in [0.1, 0.15) is 48.9 Å². The Labute approximate surface area is 124 Å². The normalized spacial score (nSPS) is 15.4. The summed E-state index contributed by atoms with van der Waals surface area (Å²) in [5.74, 6) is 1.53. The minimum absolute atomic E-state index is 0.0425. The number of hydrogen-bond acceptors (Lipinski definition) is 2. The number of aliphatic hydroxyl groups is 1. The van der Waals surface area contributed by atoms with Crippen molar-refractivity contribution in [3.05, 3.63) is 35.9 Å². The van der Waals surface area contributed by atoms with Gasteiger partial charge in [0.25, 0.3) is 11.7 Å². The van der Waals surface area contributed by atoms with Gasteiger partial charge in [0.15, 0.2) is 5.52 Å². The summed E-state index contributed by atoms with van der Waals surface area (Å²) < 4.78 is 2.07. The molecule has 0 unspecified atom stereocenters. The summed E-state index contributed by atoms with van der Waals surface area (Å²) in [6, 6.07) is 5.87. The fraction of sp³-hybridized carbons (Fsp3) is 0.500. The summed E-state index contributed by atoms with van der Waals surface area (Å²) in [4.78, 5) is 15.7. The number of nitrogens with zero attached hydrogens (tertiary/aromatic N) is 1. The van der Waals surface area contributed by atoms with Crippen molar-refractivity contribution in [3.8, 4) is 0 Å². The van der Waals surface area contributed by atoms with Gasteiger partial charge in [-0.15, -0.1) is 0 Å². The van der Waals surface area contributed by atoms with Crippen molar-refractivity contribution < 1.29 is 14.3 Å². The van der Waals surface area contributed by atoms with Crippen molar-refractivity contribution >= 4 is 11.4 Å². The van der Waals surface area contributed by atoms with Crippen LogP contribution in [-0.4, -0.2) is 29.1 Å². The average Bonchev–Trinajstić information content (AvgIpc) is 3.26. The monoisotopic (exact) mass is 288 g/mol. The first kappa shape index (κ1) is 14.1. The zero-order valence-electron chi connectivity index (χ0n) is 12.5. The van der Waals surface area contributed by atoms with E-state index >= 15 is 0 Å². The second-order valence-electron chi connectivity index (χ2n) is 6.62. The summed E-state index contributed by atoms with van der Waals surface area (Å²) in [5, 5.41) is 12.2. The lowest BCUT2D eigenvalue weighted by Gasteiger charge is -2.21. The number of pyridine rings is 1. The fourth-order valence-electron chi connectivity index (χ4n) is 2.40. The number of imidazole rings is 1. The summed E-state index contributed by atoms with van der Waals surface area (Å²) >= 11 is 0. The number of carbonyl (C=O) groups is 1. The zero-order chi connectivity index (χ0) is 15.0. The maximum Gasteiger partial charge on any atom is 0.295 e. The van der Waals surface area contributed by atoms with E-state index in [0.717, 1.165) is 11.3 Å². The predicted octanol–water partition coefficient (Wildman–Crippen LogP) is 1.38. The lowest BCUT2D eigenvalue weighted by Crippen LogP contribution is -2.36. The third-order valence-electron chi connectivity index (χ3n) is 3.98.